The SMILES string of the molecule is Cl.NCCNC(=O)C1CCCN(C(=O)C2C3CCCCC32)C1. The van der Waals surface area contributed by atoms with Crippen LogP contribution in [0.5, 0.6) is 0 Å². The summed E-state index contributed by atoms with van der Waals surface area (Å²) in [6.45, 7) is 2.42. The van der Waals surface area contributed by atoms with Crippen molar-refractivity contribution < 1.29 is 9.59 Å². The Bertz CT molecular complexity index is 406. The summed E-state index contributed by atoms with van der Waals surface area (Å²) in [6, 6.07) is 0. The number of nitrogens with one attached hydrogen (secondary N) is 1. The minimum atomic E-state index is -0.0463. The van der Waals surface area contributed by atoms with Gasteiger partial charge < -0.3 is 16.0 Å². The average Bonchev–Trinajstić information content (AvgIpc) is 3.26. The largest absolute Gasteiger partial charge is 0.355 e. The van der Waals surface area contributed by atoms with Crippen molar-refractivity contribution in [3.8, 4) is 0 Å². The van der Waals surface area contributed by atoms with Crippen LogP contribution in [0.1, 0.15) is 38.5 Å². The summed E-state index contributed by atoms with van der Waals surface area (Å²) in [4.78, 5) is 26.7. The van der Waals surface area contributed by atoms with E-state index in [1.807, 2.05) is 4.90 Å². The van der Waals surface area contributed by atoms with E-state index < -0.39 is 0 Å². The van der Waals surface area contributed by atoms with Crippen LogP contribution in [0.3, 0.4) is 0 Å². The fraction of sp³-hybridized carbons (Fsp3) is 0.875. The van der Waals surface area contributed by atoms with Gasteiger partial charge in [0.15, 0.2) is 0 Å². The molecule has 0 bridgehead atoms. The van der Waals surface area contributed by atoms with Gasteiger partial charge in [-0.25, -0.2) is 0 Å². The fourth-order valence-electron chi connectivity index (χ4n) is 4.30. The topological polar surface area (TPSA) is 75.4 Å². The second-order valence-electron chi connectivity index (χ2n) is 6.84. The molecule has 2 amide bonds. The maximum Gasteiger partial charge on any atom is 0.226 e. The molecule has 1 aliphatic heterocycles. The van der Waals surface area contributed by atoms with Crippen LogP contribution in [-0.4, -0.2) is 42.9 Å². The Morgan fingerprint density at radius 2 is 1.77 bits per heavy atom. The van der Waals surface area contributed by atoms with Gasteiger partial charge in [0, 0.05) is 32.1 Å². The quantitative estimate of drug-likeness (QED) is 0.812. The number of nitrogens with zero attached hydrogens (tertiary/aromatic N) is 1. The smallest absolute Gasteiger partial charge is 0.226 e. The number of rotatable bonds is 4. The van der Waals surface area contributed by atoms with Gasteiger partial charge in [0.1, 0.15) is 0 Å². The van der Waals surface area contributed by atoms with Crippen LogP contribution in [0.25, 0.3) is 0 Å². The molecule has 0 radical (unpaired) electrons. The van der Waals surface area contributed by atoms with Crippen LogP contribution in [0.2, 0.25) is 0 Å². The summed E-state index contributed by atoms with van der Waals surface area (Å²) >= 11 is 0. The number of nitrogens with two attached hydrogens (primary N) is 1. The lowest BCUT2D eigenvalue weighted by Crippen LogP contribution is -2.46. The number of carbonyl (C=O) groups excluding carboxylic acids is 2. The lowest BCUT2D eigenvalue weighted by Gasteiger charge is -2.32. The third kappa shape index (κ3) is 3.57. The van der Waals surface area contributed by atoms with Crippen molar-refractivity contribution in [2.45, 2.75) is 38.5 Å². The molecule has 3 aliphatic rings. The van der Waals surface area contributed by atoms with Gasteiger partial charge in [-0.3, -0.25) is 9.59 Å². The second-order valence-corrected chi connectivity index (χ2v) is 6.84. The average molecular weight is 330 g/mol. The van der Waals surface area contributed by atoms with Crippen LogP contribution < -0.4 is 11.1 Å². The molecular formula is C16H28ClN3O2. The fourth-order valence-corrected chi connectivity index (χ4v) is 4.30. The highest BCUT2D eigenvalue weighted by Crippen LogP contribution is 2.56. The van der Waals surface area contributed by atoms with Gasteiger partial charge in [-0.05, 0) is 37.5 Å². The van der Waals surface area contributed by atoms with Crippen molar-refractivity contribution in [3.05, 3.63) is 0 Å². The second kappa shape index (κ2) is 7.64. The molecule has 3 N–H and O–H groups in total. The van der Waals surface area contributed by atoms with E-state index in [4.69, 9.17) is 5.73 Å². The first-order valence-electron chi connectivity index (χ1n) is 8.49. The van der Waals surface area contributed by atoms with Gasteiger partial charge in [-0.2, -0.15) is 0 Å². The van der Waals surface area contributed by atoms with Crippen molar-refractivity contribution in [2.75, 3.05) is 26.2 Å². The van der Waals surface area contributed by atoms with Crippen LogP contribution in [0, 0.1) is 23.7 Å². The number of hydrogen-bond acceptors (Lipinski definition) is 3. The third-order valence-corrected chi connectivity index (χ3v) is 5.49. The van der Waals surface area contributed by atoms with E-state index in [-0.39, 0.29) is 30.2 Å². The molecule has 3 atom stereocenters. The van der Waals surface area contributed by atoms with E-state index in [2.05, 4.69) is 5.32 Å². The molecule has 5 nitrogen and oxygen atoms in total. The monoisotopic (exact) mass is 329 g/mol. The molecule has 0 aromatic carbocycles. The van der Waals surface area contributed by atoms with Gasteiger partial charge in [0.25, 0.3) is 0 Å². The molecule has 2 saturated carbocycles. The third-order valence-electron chi connectivity index (χ3n) is 5.49. The van der Waals surface area contributed by atoms with Gasteiger partial charge in [0.2, 0.25) is 11.8 Å². The summed E-state index contributed by atoms with van der Waals surface area (Å²) in [7, 11) is 0. The zero-order valence-corrected chi connectivity index (χ0v) is 13.9. The van der Waals surface area contributed by atoms with E-state index >= 15 is 0 Å². The van der Waals surface area contributed by atoms with E-state index in [9.17, 15) is 9.59 Å². The highest BCUT2D eigenvalue weighted by Gasteiger charge is 2.56. The normalized spacial score (nSPS) is 33.4. The standard InChI is InChI=1S/C16H27N3O2.ClH/c17-7-8-18-15(20)11-4-3-9-19(10-11)16(21)14-12-5-1-2-6-13(12)14;/h11-14H,1-10,17H2,(H,18,20);1H. The first-order valence-corrected chi connectivity index (χ1v) is 8.49. The highest BCUT2D eigenvalue weighted by molar-refractivity contribution is 5.85. The molecule has 2 aliphatic carbocycles. The zero-order chi connectivity index (χ0) is 14.8. The minimum absolute atomic E-state index is 0. The zero-order valence-electron chi connectivity index (χ0n) is 13.1. The number of piperidine rings is 1. The molecule has 22 heavy (non-hydrogen) atoms. The molecule has 126 valence electrons. The van der Waals surface area contributed by atoms with Gasteiger partial charge in [-0.15, -0.1) is 12.4 Å². The summed E-state index contributed by atoms with van der Waals surface area (Å²) in [5.74, 6) is 1.91. The van der Waals surface area contributed by atoms with Gasteiger partial charge >= 0.3 is 0 Å². The highest BCUT2D eigenvalue weighted by atomic mass is 35.5. The number of likely N-dealkylation sites (tertiary alicyclic amines) is 1. The molecule has 1 saturated heterocycles. The van der Waals surface area contributed by atoms with Crippen molar-refractivity contribution in [1.29, 1.82) is 0 Å². The van der Waals surface area contributed by atoms with Crippen LogP contribution in [0.4, 0.5) is 0 Å². The predicted molar refractivity (Wildman–Crippen MR) is 87.6 cm³/mol. The van der Waals surface area contributed by atoms with E-state index in [1.54, 1.807) is 0 Å². The van der Waals surface area contributed by atoms with E-state index in [0.29, 0.717) is 37.4 Å². The summed E-state index contributed by atoms with van der Waals surface area (Å²) in [5.41, 5.74) is 5.42. The number of hydrogen-bond donors (Lipinski definition) is 2. The first-order chi connectivity index (χ1) is 10.2. The van der Waals surface area contributed by atoms with Crippen LogP contribution in [-0.2, 0) is 9.59 Å². The van der Waals surface area contributed by atoms with Gasteiger partial charge in [0.05, 0.1) is 5.92 Å². The summed E-state index contributed by atoms with van der Waals surface area (Å²) in [5, 5.41) is 2.85. The van der Waals surface area contributed by atoms with Gasteiger partial charge in [-0.1, -0.05) is 12.8 Å². The number of carbonyl (C=O) groups is 2. The Balaban J connectivity index is 0.00000176. The summed E-state index contributed by atoms with van der Waals surface area (Å²) in [6.07, 6.45) is 6.86. The molecular weight excluding hydrogens is 302 g/mol. The lowest BCUT2D eigenvalue weighted by molar-refractivity contribution is -0.137. The number of amides is 2. The van der Waals surface area contributed by atoms with Crippen LogP contribution >= 0.6 is 12.4 Å². The van der Waals surface area contributed by atoms with Crippen molar-refractivity contribution in [2.24, 2.45) is 29.4 Å². The molecule has 3 unspecified atom stereocenters. The molecule has 3 rings (SSSR count). The first kappa shape index (κ1) is 17.5. The Labute approximate surface area is 138 Å². The molecule has 3 fully saturated rings. The van der Waals surface area contributed by atoms with Crippen LogP contribution in [0.15, 0.2) is 0 Å². The number of halogens is 1. The Kier molecular flexibility index (Phi) is 6.09. The maximum absolute atomic E-state index is 12.7. The predicted octanol–water partition coefficient (Wildman–Crippen LogP) is 1.16. The minimum Gasteiger partial charge on any atom is -0.355 e. The Hall–Kier alpha value is -0.810. The van der Waals surface area contributed by atoms with E-state index in [0.717, 1.165) is 19.4 Å². The Morgan fingerprint density at radius 1 is 1.09 bits per heavy atom. The molecule has 0 spiro atoms. The van der Waals surface area contributed by atoms with E-state index in [1.165, 1.54) is 25.7 Å². The van der Waals surface area contributed by atoms with Crippen molar-refractivity contribution >= 4 is 24.2 Å². The summed E-state index contributed by atoms with van der Waals surface area (Å²) < 4.78 is 0. The molecule has 0 aromatic rings. The molecule has 6 heteroatoms. The molecule has 0 aromatic heterocycles. The molecule has 1 heterocycles. The van der Waals surface area contributed by atoms with Crippen molar-refractivity contribution in [1.82, 2.24) is 10.2 Å². The maximum atomic E-state index is 12.7. The number of fused-ring (bicyclic) bond motifs is 1. The van der Waals surface area contributed by atoms with Crippen molar-refractivity contribution in [3.63, 3.8) is 0 Å². The lowest BCUT2D eigenvalue weighted by atomic mass is 9.96. The Morgan fingerprint density at radius 3 is 2.41 bits per heavy atom.